The van der Waals surface area contributed by atoms with Crippen molar-refractivity contribution in [3.63, 3.8) is 0 Å². The molecule has 0 aliphatic carbocycles. The van der Waals surface area contributed by atoms with Gasteiger partial charge >= 0.3 is 0 Å². The largest absolute Gasteiger partial charge is 0.468 e. The van der Waals surface area contributed by atoms with Gasteiger partial charge in [0.25, 0.3) is 0 Å². The van der Waals surface area contributed by atoms with E-state index in [0.717, 1.165) is 18.6 Å². The molecule has 0 saturated heterocycles. The van der Waals surface area contributed by atoms with Crippen LogP contribution in [0.4, 0.5) is 0 Å². The van der Waals surface area contributed by atoms with Gasteiger partial charge in [0, 0.05) is 5.41 Å². The standard InChI is InChI=1S/C16H21NO/c1-3-16(4-2,13-9-6-5-7-10-13)15(17)14-11-8-12-18-14/h5-12,15H,3-4,17H2,1-2H3. The summed E-state index contributed by atoms with van der Waals surface area (Å²) >= 11 is 0. The van der Waals surface area contributed by atoms with Gasteiger partial charge in [-0.05, 0) is 30.5 Å². The summed E-state index contributed by atoms with van der Waals surface area (Å²) in [5.74, 6) is 0.863. The lowest BCUT2D eigenvalue weighted by Gasteiger charge is -2.37. The smallest absolute Gasteiger partial charge is 0.121 e. The van der Waals surface area contributed by atoms with E-state index in [2.05, 4.69) is 38.1 Å². The molecule has 0 aliphatic rings. The Kier molecular flexibility index (Phi) is 3.87. The predicted octanol–water partition coefficient (Wildman–Crippen LogP) is 4.04. The molecule has 0 saturated carbocycles. The zero-order valence-corrected chi connectivity index (χ0v) is 11.1. The van der Waals surface area contributed by atoms with Crippen LogP contribution < -0.4 is 5.73 Å². The summed E-state index contributed by atoms with van der Waals surface area (Å²) in [6.07, 6.45) is 3.68. The van der Waals surface area contributed by atoms with Crippen molar-refractivity contribution in [3.8, 4) is 0 Å². The highest BCUT2D eigenvalue weighted by Gasteiger charge is 2.37. The third kappa shape index (κ3) is 2.08. The van der Waals surface area contributed by atoms with Crippen molar-refractivity contribution >= 4 is 0 Å². The van der Waals surface area contributed by atoms with Crippen LogP contribution in [-0.2, 0) is 5.41 Å². The average molecular weight is 243 g/mol. The monoisotopic (exact) mass is 243 g/mol. The average Bonchev–Trinajstić information content (AvgIpc) is 2.96. The van der Waals surface area contributed by atoms with Crippen LogP contribution in [0.15, 0.2) is 53.1 Å². The number of furan rings is 1. The first-order chi connectivity index (χ1) is 8.74. The molecular weight excluding hydrogens is 222 g/mol. The molecule has 2 N–H and O–H groups in total. The first-order valence-corrected chi connectivity index (χ1v) is 6.59. The summed E-state index contributed by atoms with van der Waals surface area (Å²) in [4.78, 5) is 0. The molecule has 18 heavy (non-hydrogen) atoms. The Hall–Kier alpha value is -1.54. The molecule has 1 aromatic heterocycles. The second-order valence-electron chi connectivity index (χ2n) is 4.72. The molecule has 2 aromatic rings. The van der Waals surface area contributed by atoms with Gasteiger partial charge in [-0.2, -0.15) is 0 Å². The quantitative estimate of drug-likeness (QED) is 0.860. The molecule has 2 heteroatoms. The molecule has 1 unspecified atom stereocenters. The lowest BCUT2D eigenvalue weighted by molar-refractivity contribution is 0.285. The van der Waals surface area contributed by atoms with Crippen LogP contribution in [0.3, 0.4) is 0 Å². The minimum atomic E-state index is -0.107. The lowest BCUT2D eigenvalue weighted by Crippen LogP contribution is -2.37. The van der Waals surface area contributed by atoms with Gasteiger partial charge in [-0.3, -0.25) is 0 Å². The van der Waals surface area contributed by atoms with Gasteiger partial charge in [0.15, 0.2) is 0 Å². The summed E-state index contributed by atoms with van der Waals surface area (Å²) in [7, 11) is 0. The summed E-state index contributed by atoms with van der Waals surface area (Å²) in [6.45, 7) is 4.39. The van der Waals surface area contributed by atoms with Gasteiger partial charge in [-0.15, -0.1) is 0 Å². The van der Waals surface area contributed by atoms with E-state index in [1.54, 1.807) is 6.26 Å². The van der Waals surface area contributed by atoms with Gasteiger partial charge in [0.1, 0.15) is 5.76 Å². The van der Waals surface area contributed by atoms with Crippen LogP contribution in [-0.4, -0.2) is 0 Å². The molecule has 0 amide bonds. The van der Waals surface area contributed by atoms with Crippen molar-refractivity contribution < 1.29 is 4.42 Å². The lowest BCUT2D eigenvalue weighted by atomic mass is 9.69. The third-order valence-electron chi connectivity index (χ3n) is 4.06. The number of benzene rings is 1. The van der Waals surface area contributed by atoms with Crippen LogP contribution in [0, 0.1) is 0 Å². The Morgan fingerprint density at radius 3 is 2.22 bits per heavy atom. The molecule has 0 spiro atoms. The van der Waals surface area contributed by atoms with Crippen LogP contribution in [0.2, 0.25) is 0 Å². The topological polar surface area (TPSA) is 39.2 Å². The van der Waals surface area contributed by atoms with Crippen molar-refractivity contribution in [1.82, 2.24) is 0 Å². The molecule has 0 radical (unpaired) electrons. The Labute approximate surface area is 109 Å². The predicted molar refractivity (Wildman–Crippen MR) is 74.3 cm³/mol. The Morgan fingerprint density at radius 2 is 1.72 bits per heavy atom. The molecular formula is C16H21NO. The molecule has 2 nitrogen and oxygen atoms in total. The molecule has 0 aliphatic heterocycles. The van der Waals surface area contributed by atoms with Gasteiger partial charge in [0.2, 0.25) is 0 Å². The first-order valence-electron chi connectivity index (χ1n) is 6.59. The summed E-state index contributed by atoms with van der Waals surface area (Å²) in [5, 5.41) is 0. The van der Waals surface area contributed by atoms with E-state index < -0.39 is 0 Å². The third-order valence-corrected chi connectivity index (χ3v) is 4.06. The molecule has 0 fully saturated rings. The maximum atomic E-state index is 6.48. The summed E-state index contributed by atoms with van der Waals surface area (Å²) in [5.41, 5.74) is 7.71. The first kappa shape index (κ1) is 12.9. The molecule has 1 aromatic carbocycles. The van der Waals surface area contributed by atoms with Crippen molar-refractivity contribution in [1.29, 1.82) is 0 Å². The van der Waals surface area contributed by atoms with Crippen LogP contribution in [0.25, 0.3) is 0 Å². The molecule has 96 valence electrons. The minimum absolute atomic E-state index is 0.0564. The van der Waals surface area contributed by atoms with E-state index in [9.17, 15) is 0 Å². The second-order valence-corrected chi connectivity index (χ2v) is 4.72. The highest BCUT2D eigenvalue weighted by molar-refractivity contribution is 5.30. The number of rotatable bonds is 5. The minimum Gasteiger partial charge on any atom is -0.468 e. The zero-order valence-electron chi connectivity index (χ0n) is 11.1. The van der Waals surface area contributed by atoms with E-state index >= 15 is 0 Å². The summed E-state index contributed by atoms with van der Waals surface area (Å²) < 4.78 is 5.50. The highest BCUT2D eigenvalue weighted by atomic mass is 16.3. The molecule has 1 atom stereocenters. The SMILES string of the molecule is CCC(CC)(c1ccccc1)C(N)c1ccco1. The van der Waals surface area contributed by atoms with E-state index in [4.69, 9.17) is 10.2 Å². The second kappa shape index (κ2) is 5.40. The van der Waals surface area contributed by atoms with E-state index in [1.165, 1.54) is 5.56 Å². The zero-order chi connectivity index (χ0) is 13.0. The molecule has 1 heterocycles. The van der Waals surface area contributed by atoms with Gasteiger partial charge in [-0.1, -0.05) is 44.2 Å². The maximum absolute atomic E-state index is 6.48. The highest BCUT2D eigenvalue weighted by Crippen LogP contribution is 2.41. The van der Waals surface area contributed by atoms with Crippen molar-refractivity contribution in [2.24, 2.45) is 5.73 Å². The molecule has 2 rings (SSSR count). The van der Waals surface area contributed by atoms with Crippen molar-refractivity contribution in [3.05, 3.63) is 60.1 Å². The van der Waals surface area contributed by atoms with Crippen LogP contribution >= 0.6 is 0 Å². The number of hydrogen-bond acceptors (Lipinski definition) is 2. The van der Waals surface area contributed by atoms with Gasteiger partial charge < -0.3 is 10.2 Å². The fraction of sp³-hybridized carbons (Fsp3) is 0.375. The van der Waals surface area contributed by atoms with Gasteiger partial charge in [-0.25, -0.2) is 0 Å². The number of hydrogen-bond donors (Lipinski definition) is 1. The van der Waals surface area contributed by atoms with Crippen molar-refractivity contribution in [2.45, 2.75) is 38.1 Å². The summed E-state index contributed by atoms with van der Waals surface area (Å²) in [6, 6.07) is 14.3. The normalized spacial score (nSPS) is 13.5. The fourth-order valence-electron chi connectivity index (χ4n) is 2.79. The Morgan fingerprint density at radius 1 is 1.06 bits per heavy atom. The van der Waals surface area contributed by atoms with Crippen molar-refractivity contribution in [2.75, 3.05) is 0 Å². The maximum Gasteiger partial charge on any atom is 0.121 e. The fourth-order valence-corrected chi connectivity index (χ4v) is 2.79. The number of nitrogens with two attached hydrogens (primary N) is 1. The Balaban J connectivity index is 2.44. The van der Waals surface area contributed by atoms with E-state index in [1.807, 2.05) is 18.2 Å². The van der Waals surface area contributed by atoms with Gasteiger partial charge in [0.05, 0.1) is 12.3 Å². The molecule has 0 bridgehead atoms. The van der Waals surface area contributed by atoms with E-state index in [-0.39, 0.29) is 11.5 Å². The van der Waals surface area contributed by atoms with Crippen LogP contribution in [0.1, 0.15) is 44.1 Å². The van der Waals surface area contributed by atoms with Crippen LogP contribution in [0.5, 0.6) is 0 Å². The van der Waals surface area contributed by atoms with E-state index in [0.29, 0.717) is 0 Å². The Bertz CT molecular complexity index is 457.